The van der Waals surface area contributed by atoms with Gasteiger partial charge in [0.1, 0.15) is 0 Å². The van der Waals surface area contributed by atoms with Gasteiger partial charge in [0.25, 0.3) is 0 Å². The van der Waals surface area contributed by atoms with E-state index in [9.17, 15) is 5.11 Å². The highest BCUT2D eigenvalue weighted by atomic mass is 79.9. The molecular weight excluding hydrogens is 280 g/mol. The van der Waals surface area contributed by atoms with Crippen LogP contribution in [0.25, 0.3) is 0 Å². The summed E-state index contributed by atoms with van der Waals surface area (Å²) in [4.78, 5) is 2.23. The fraction of sp³-hybridized carbons (Fsp3) is 0.538. The Balaban J connectivity index is 2.19. The third-order valence-corrected chi connectivity index (χ3v) is 4.10. The van der Waals surface area contributed by atoms with Gasteiger partial charge >= 0.3 is 0 Å². The zero-order chi connectivity index (χ0) is 12.4. The number of rotatable bonds is 3. The summed E-state index contributed by atoms with van der Waals surface area (Å²) in [5, 5.41) is 12.8. The molecule has 0 aliphatic carbocycles. The summed E-state index contributed by atoms with van der Waals surface area (Å²) in [5.41, 5.74) is 2.44. The lowest BCUT2D eigenvalue weighted by atomic mass is 10.1. The van der Waals surface area contributed by atoms with Crippen LogP contribution in [0.5, 0.6) is 0 Å². The zero-order valence-electron chi connectivity index (χ0n) is 10.3. The van der Waals surface area contributed by atoms with Gasteiger partial charge in [-0.25, -0.2) is 0 Å². The number of hydrogen-bond donors (Lipinski definition) is 2. The molecule has 2 unspecified atom stereocenters. The van der Waals surface area contributed by atoms with E-state index >= 15 is 0 Å². The maximum Gasteiger partial charge on any atom is 0.0731 e. The van der Waals surface area contributed by atoms with Crippen molar-refractivity contribution in [1.82, 2.24) is 5.32 Å². The average Bonchev–Trinajstić information content (AvgIpc) is 2.75. The van der Waals surface area contributed by atoms with Crippen LogP contribution in [0.1, 0.15) is 24.9 Å². The van der Waals surface area contributed by atoms with Crippen LogP contribution >= 0.6 is 15.9 Å². The first-order valence-electron chi connectivity index (χ1n) is 6.01. The molecular formula is C13H19BrN2O. The number of nitrogens with zero attached hydrogens (tertiary/aromatic N) is 1. The molecule has 0 aromatic heterocycles. The fourth-order valence-corrected chi connectivity index (χ4v) is 2.91. The molecule has 2 rings (SSSR count). The highest BCUT2D eigenvalue weighted by molar-refractivity contribution is 9.10. The van der Waals surface area contributed by atoms with Gasteiger partial charge in [0.05, 0.1) is 6.10 Å². The van der Waals surface area contributed by atoms with Gasteiger partial charge in [-0.05, 0) is 38.1 Å². The topological polar surface area (TPSA) is 35.5 Å². The second-order valence-corrected chi connectivity index (χ2v) is 5.46. The van der Waals surface area contributed by atoms with E-state index in [1.54, 1.807) is 0 Å². The van der Waals surface area contributed by atoms with Crippen LogP contribution < -0.4 is 10.2 Å². The lowest BCUT2D eigenvalue weighted by molar-refractivity contribution is 0.198. The van der Waals surface area contributed by atoms with Crippen LogP contribution in [0.2, 0.25) is 0 Å². The number of halogens is 1. The SMILES string of the molecule is CNC(C)c1ccc(N2CCC(O)C2)cc1Br. The third-order valence-electron chi connectivity index (χ3n) is 3.41. The highest BCUT2D eigenvalue weighted by Crippen LogP contribution is 2.29. The number of aliphatic hydroxyl groups excluding tert-OH is 1. The molecule has 2 N–H and O–H groups in total. The van der Waals surface area contributed by atoms with Crippen LogP contribution in [-0.4, -0.2) is 31.3 Å². The van der Waals surface area contributed by atoms with E-state index in [-0.39, 0.29) is 6.10 Å². The van der Waals surface area contributed by atoms with Crippen LogP contribution in [0.3, 0.4) is 0 Å². The Morgan fingerprint density at radius 3 is 2.82 bits per heavy atom. The maximum atomic E-state index is 9.55. The number of anilines is 1. The first-order chi connectivity index (χ1) is 8.11. The molecule has 3 nitrogen and oxygen atoms in total. The Bertz CT molecular complexity index is 397. The van der Waals surface area contributed by atoms with Crippen molar-refractivity contribution in [2.75, 3.05) is 25.0 Å². The number of aliphatic hydroxyl groups is 1. The lowest BCUT2D eigenvalue weighted by Gasteiger charge is -2.20. The van der Waals surface area contributed by atoms with Crippen molar-refractivity contribution in [2.24, 2.45) is 0 Å². The van der Waals surface area contributed by atoms with Crippen LogP contribution in [-0.2, 0) is 0 Å². The van der Waals surface area contributed by atoms with Crippen molar-refractivity contribution in [3.05, 3.63) is 28.2 Å². The molecule has 4 heteroatoms. The van der Waals surface area contributed by atoms with Gasteiger partial charge in [0.15, 0.2) is 0 Å². The van der Waals surface area contributed by atoms with E-state index in [1.165, 1.54) is 11.3 Å². The molecule has 94 valence electrons. The average molecular weight is 299 g/mol. The minimum absolute atomic E-state index is 0.176. The summed E-state index contributed by atoms with van der Waals surface area (Å²) >= 11 is 3.62. The number of β-amino-alcohol motifs (C(OH)–C–C–N with tert-alkyl or cyclic N) is 1. The van der Waals surface area contributed by atoms with Crippen LogP contribution in [0.4, 0.5) is 5.69 Å². The van der Waals surface area contributed by atoms with Gasteiger partial charge in [0.2, 0.25) is 0 Å². The van der Waals surface area contributed by atoms with Crippen LogP contribution in [0, 0.1) is 0 Å². The Morgan fingerprint density at radius 1 is 1.53 bits per heavy atom. The predicted molar refractivity (Wildman–Crippen MR) is 74.5 cm³/mol. The summed E-state index contributed by atoms with van der Waals surface area (Å²) in [6.45, 7) is 3.82. The van der Waals surface area contributed by atoms with Gasteiger partial charge in [-0.2, -0.15) is 0 Å². The van der Waals surface area contributed by atoms with Crippen molar-refractivity contribution in [3.8, 4) is 0 Å². The summed E-state index contributed by atoms with van der Waals surface area (Å²) in [7, 11) is 1.96. The first kappa shape index (κ1) is 12.9. The second kappa shape index (κ2) is 5.38. The molecule has 1 aliphatic rings. The van der Waals surface area contributed by atoms with Gasteiger partial charge in [-0.1, -0.05) is 22.0 Å². The fourth-order valence-electron chi connectivity index (χ4n) is 2.20. The van der Waals surface area contributed by atoms with E-state index in [0.29, 0.717) is 6.04 Å². The van der Waals surface area contributed by atoms with E-state index < -0.39 is 0 Å². The zero-order valence-corrected chi connectivity index (χ0v) is 11.9. The van der Waals surface area contributed by atoms with Crippen molar-refractivity contribution in [3.63, 3.8) is 0 Å². The molecule has 1 aromatic carbocycles. The van der Waals surface area contributed by atoms with E-state index in [1.807, 2.05) is 7.05 Å². The van der Waals surface area contributed by atoms with Crippen molar-refractivity contribution in [1.29, 1.82) is 0 Å². The molecule has 1 heterocycles. The summed E-state index contributed by atoms with van der Waals surface area (Å²) < 4.78 is 1.12. The molecule has 1 aromatic rings. The minimum Gasteiger partial charge on any atom is -0.391 e. The number of benzene rings is 1. The summed E-state index contributed by atoms with van der Waals surface area (Å²) in [6.07, 6.45) is 0.691. The monoisotopic (exact) mass is 298 g/mol. The van der Waals surface area contributed by atoms with Gasteiger partial charge in [0, 0.05) is 29.3 Å². The van der Waals surface area contributed by atoms with Crippen molar-refractivity contribution >= 4 is 21.6 Å². The van der Waals surface area contributed by atoms with Gasteiger partial charge < -0.3 is 15.3 Å². The Morgan fingerprint density at radius 2 is 2.29 bits per heavy atom. The Labute approximate surface area is 111 Å². The summed E-state index contributed by atoms with van der Waals surface area (Å²) in [6, 6.07) is 6.75. The number of hydrogen-bond acceptors (Lipinski definition) is 3. The molecule has 2 atom stereocenters. The Kier molecular flexibility index (Phi) is 4.07. The Hall–Kier alpha value is -0.580. The lowest BCUT2D eigenvalue weighted by Crippen LogP contribution is -2.21. The molecule has 0 saturated carbocycles. The van der Waals surface area contributed by atoms with Crippen LogP contribution in [0.15, 0.2) is 22.7 Å². The van der Waals surface area contributed by atoms with E-state index in [0.717, 1.165) is 24.0 Å². The molecule has 0 spiro atoms. The molecule has 17 heavy (non-hydrogen) atoms. The molecule has 0 bridgehead atoms. The van der Waals surface area contributed by atoms with E-state index in [4.69, 9.17) is 0 Å². The largest absolute Gasteiger partial charge is 0.391 e. The first-order valence-corrected chi connectivity index (χ1v) is 6.81. The quantitative estimate of drug-likeness (QED) is 0.899. The van der Waals surface area contributed by atoms with Crippen molar-refractivity contribution < 1.29 is 5.11 Å². The smallest absolute Gasteiger partial charge is 0.0731 e. The molecule has 1 aliphatic heterocycles. The van der Waals surface area contributed by atoms with E-state index in [2.05, 4.69) is 51.3 Å². The molecule has 0 amide bonds. The second-order valence-electron chi connectivity index (χ2n) is 4.60. The molecule has 1 fully saturated rings. The predicted octanol–water partition coefficient (Wildman–Crippen LogP) is 2.30. The van der Waals surface area contributed by atoms with Crippen molar-refractivity contribution in [2.45, 2.75) is 25.5 Å². The standard InChI is InChI=1S/C13H19BrN2O/c1-9(15-2)12-4-3-10(7-13(12)14)16-6-5-11(17)8-16/h3-4,7,9,11,15,17H,5-6,8H2,1-2H3. The third kappa shape index (κ3) is 2.81. The van der Waals surface area contributed by atoms with Gasteiger partial charge in [-0.3, -0.25) is 0 Å². The number of nitrogens with one attached hydrogen (secondary N) is 1. The minimum atomic E-state index is -0.176. The normalized spacial score (nSPS) is 21.9. The molecule has 1 saturated heterocycles. The van der Waals surface area contributed by atoms with Gasteiger partial charge in [-0.15, -0.1) is 0 Å². The highest BCUT2D eigenvalue weighted by Gasteiger charge is 2.21. The molecule has 0 radical (unpaired) electrons. The maximum absolute atomic E-state index is 9.55. The summed E-state index contributed by atoms with van der Waals surface area (Å²) in [5.74, 6) is 0.